The van der Waals surface area contributed by atoms with Crippen molar-refractivity contribution in [2.75, 3.05) is 19.0 Å². The lowest BCUT2D eigenvalue weighted by atomic mass is 9.73. The Morgan fingerprint density at radius 1 is 1.22 bits per heavy atom. The second-order valence-corrected chi connectivity index (χ2v) is 11.0. The van der Waals surface area contributed by atoms with Crippen LogP contribution in [-0.4, -0.2) is 47.0 Å². The lowest BCUT2D eigenvalue weighted by Crippen LogP contribution is -2.46. The van der Waals surface area contributed by atoms with Crippen molar-refractivity contribution in [3.63, 3.8) is 0 Å². The highest BCUT2D eigenvalue weighted by atomic mass is 33.1. The van der Waals surface area contributed by atoms with E-state index >= 15 is 0 Å². The third-order valence-corrected chi connectivity index (χ3v) is 7.78. The van der Waals surface area contributed by atoms with Crippen LogP contribution in [0.5, 0.6) is 0 Å². The summed E-state index contributed by atoms with van der Waals surface area (Å²) in [5, 5.41) is 15.6. The molecular weight excluding hydrogens is 384 g/mol. The van der Waals surface area contributed by atoms with Crippen LogP contribution < -0.4 is 10.6 Å². The van der Waals surface area contributed by atoms with E-state index in [1.807, 2.05) is 42.4 Å². The predicted octanol–water partition coefficient (Wildman–Crippen LogP) is 3.32. The first-order valence-electron chi connectivity index (χ1n) is 9.64. The van der Waals surface area contributed by atoms with Crippen LogP contribution in [0, 0.1) is 17.3 Å². The highest BCUT2D eigenvalue weighted by molar-refractivity contribution is 8.77. The van der Waals surface area contributed by atoms with E-state index in [4.69, 9.17) is 0 Å². The maximum atomic E-state index is 12.4. The Kier molecular flexibility index (Phi) is 10.8. The number of nitrogens with one attached hydrogen (secondary N) is 2. The lowest BCUT2D eigenvalue weighted by Gasteiger charge is -2.32. The molecular formula is C19H34N2O4S2. The molecule has 0 aromatic rings. The number of carboxylic acid groups (broad SMARTS) is 1. The third-order valence-electron chi connectivity index (χ3n) is 4.77. The van der Waals surface area contributed by atoms with E-state index < -0.39 is 23.2 Å². The molecule has 0 aliphatic carbocycles. The quantitative estimate of drug-likeness (QED) is 0.254. The number of aliphatic carboxylic acids is 1. The summed E-state index contributed by atoms with van der Waals surface area (Å²) >= 11 is 0. The Labute approximate surface area is 170 Å². The maximum absolute atomic E-state index is 12.4. The van der Waals surface area contributed by atoms with E-state index in [0.717, 1.165) is 18.1 Å². The van der Waals surface area contributed by atoms with Crippen LogP contribution in [0.2, 0.25) is 0 Å². The Morgan fingerprint density at radius 3 is 2.48 bits per heavy atom. The highest BCUT2D eigenvalue weighted by Gasteiger charge is 2.39. The molecule has 0 aromatic heterocycles. The van der Waals surface area contributed by atoms with Crippen LogP contribution in [0.1, 0.15) is 59.8 Å². The molecule has 1 aliphatic heterocycles. The second-order valence-electron chi connectivity index (χ2n) is 8.23. The maximum Gasteiger partial charge on any atom is 0.307 e. The molecule has 3 atom stereocenters. The zero-order valence-electron chi connectivity index (χ0n) is 16.9. The first-order valence-corrected chi connectivity index (χ1v) is 12.0. The number of hydrogen-bond donors (Lipinski definition) is 3. The predicted molar refractivity (Wildman–Crippen MR) is 113 cm³/mol. The minimum atomic E-state index is -0.984. The highest BCUT2D eigenvalue weighted by Crippen LogP contribution is 2.39. The van der Waals surface area contributed by atoms with Crippen molar-refractivity contribution >= 4 is 39.2 Å². The summed E-state index contributed by atoms with van der Waals surface area (Å²) in [5.74, 6) is -1.32. The average molecular weight is 419 g/mol. The van der Waals surface area contributed by atoms with Gasteiger partial charge in [0.05, 0.1) is 25.0 Å². The molecule has 0 bridgehead atoms. The topological polar surface area (TPSA) is 95.5 Å². The van der Waals surface area contributed by atoms with Crippen molar-refractivity contribution in [1.29, 1.82) is 0 Å². The van der Waals surface area contributed by atoms with E-state index in [-0.39, 0.29) is 24.9 Å². The Morgan fingerprint density at radius 2 is 1.93 bits per heavy atom. The van der Waals surface area contributed by atoms with Gasteiger partial charge in [-0.15, -0.1) is 0 Å². The third kappa shape index (κ3) is 9.34. The fourth-order valence-electron chi connectivity index (χ4n) is 3.32. The summed E-state index contributed by atoms with van der Waals surface area (Å²) < 4.78 is 0. The number of carboxylic acids is 1. The van der Waals surface area contributed by atoms with Crippen molar-refractivity contribution < 1.29 is 19.5 Å². The molecule has 27 heavy (non-hydrogen) atoms. The van der Waals surface area contributed by atoms with E-state index in [0.29, 0.717) is 6.42 Å². The molecule has 0 radical (unpaired) electrons. The molecule has 1 aliphatic rings. The number of carbonyl (C=O) groups excluding carboxylic acids is 2. The Hall–Kier alpha value is -0.730. The molecule has 6 nitrogen and oxygen atoms in total. The number of ketones is 1. The lowest BCUT2D eigenvalue weighted by molar-refractivity contribution is -0.149. The molecule has 0 spiro atoms. The van der Waals surface area contributed by atoms with Crippen LogP contribution in [0.15, 0.2) is 0 Å². The van der Waals surface area contributed by atoms with Gasteiger partial charge in [-0.25, -0.2) is 0 Å². The molecule has 1 heterocycles. The van der Waals surface area contributed by atoms with Crippen molar-refractivity contribution in [1.82, 2.24) is 10.6 Å². The number of unbranched alkanes of at least 4 members (excludes halogenated alkanes) is 1. The molecule has 3 unspecified atom stereocenters. The van der Waals surface area contributed by atoms with Gasteiger partial charge in [-0.1, -0.05) is 55.7 Å². The number of carbonyl (C=O) groups is 3. The smallest absolute Gasteiger partial charge is 0.307 e. The van der Waals surface area contributed by atoms with Gasteiger partial charge in [0.1, 0.15) is 5.78 Å². The minimum absolute atomic E-state index is 0.143. The number of hydrogen-bond acceptors (Lipinski definition) is 6. The van der Waals surface area contributed by atoms with Crippen LogP contribution in [0.25, 0.3) is 0 Å². The van der Waals surface area contributed by atoms with Gasteiger partial charge in [-0.05, 0) is 24.7 Å². The summed E-state index contributed by atoms with van der Waals surface area (Å²) in [4.78, 5) is 35.6. The Balaban J connectivity index is 2.21. The summed E-state index contributed by atoms with van der Waals surface area (Å²) in [6.07, 6.45) is 5.02. The number of rotatable bonds is 12. The number of amides is 1. The van der Waals surface area contributed by atoms with Gasteiger partial charge >= 0.3 is 5.97 Å². The van der Waals surface area contributed by atoms with E-state index in [2.05, 4.69) is 10.6 Å². The standard InChI is InChI=1S/C19H34N2O4S2/c1-13(18(24)25)16(19(2,3)4)17(23)21-12-20-11-14(22)7-5-6-8-15-9-10-26-27-15/h13,15-16,20H,5-12H2,1-4H3,(H,21,23)(H,24,25). The SMILES string of the molecule is CC(C(=O)O)C(C(=O)NCNCC(=O)CCCCC1CCSS1)C(C)(C)C. The van der Waals surface area contributed by atoms with Crippen LogP contribution >= 0.6 is 21.6 Å². The van der Waals surface area contributed by atoms with Gasteiger partial charge < -0.3 is 10.4 Å². The van der Waals surface area contributed by atoms with Gasteiger partial charge in [-0.3, -0.25) is 19.7 Å². The van der Waals surface area contributed by atoms with Gasteiger partial charge in [0.2, 0.25) is 5.91 Å². The van der Waals surface area contributed by atoms with Gasteiger partial charge in [-0.2, -0.15) is 0 Å². The Bertz CT molecular complexity index is 502. The number of Topliss-reactive ketones (excluding diaryl/α,β-unsaturated/α-hetero) is 1. The normalized spacial score (nSPS) is 19.5. The van der Waals surface area contributed by atoms with E-state index in [1.165, 1.54) is 18.6 Å². The summed E-state index contributed by atoms with van der Waals surface area (Å²) in [7, 11) is 3.91. The average Bonchev–Trinajstić information content (AvgIpc) is 3.07. The fraction of sp³-hybridized carbons (Fsp3) is 0.842. The van der Waals surface area contributed by atoms with Gasteiger partial charge in [0.25, 0.3) is 0 Å². The largest absolute Gasteiger partial charge is 0.481 e. The molecule has 1 fully saturated rings. The summed E-state index contributed by atoms with van der Waals surface area (Å²) in [6.45, 7) is 7.52. The minimum Gasteiger partial charge on any atom is -0.481 e. The summed E-state index contributed by atoms with van der Waals surface area (Å²) in [6, 6.07) is 0. The second kappa shape index (κ2) is 12.0. The van der Waals surface area contributed by atoms with Crippen LogP contribution in [0.4, 0.5) is 0 Å². The van der Waals surface area contributed by atoms with E-state index in [9.17, 15) is 19.5 Å². The van der Waals surface area contributed by atoms with Crippen molar-refractivity contribution in [2.45, 2.75) is 65.0 Å². The first kappa shape index (κ1) is 24.3. The van der Waals surface area contributed by atoms with Crippen molar-refractivity contribution in [3.05, 3.63) is 0 Å². The fourth-order valence-corrected chi connectivity index (χ4v) is 6.35. The van der Waals surface area contributed by atoms with Crippen molar-refractivity contribution in [2.24, 2.45) is 17.3 Å². The first-order chi connectivity index (χ1) is 12.6. The van der Waals surface area contributed by atoms with Crippen LogP contribution in [0.3, 0.4) is 0 Å². The molecule has 0 aromatic carbocycles. The molecule has 3 N–H and O–H groups in total. The zero-order valence-corrected chi connectivity index (χ0v) is 18.5. The van der Waals surface area contributed by atoms with E-state index in [1.54, 1.807) is 6.92 Å². The molecule has 1 rings (SSSR count). The van der Waals surface area contributed by atoms with Gasteiger partial charge in [0.15, 0.2) is 0 Å². The zero-order chi connectivity index (χ0) is 20.4. The molecule has 0 saturated carbocycles. The molecule has 8 heteroatoms. The molecule has 1 amide bonds. The molecule has 1 saturated heterocycles. The monoisotopic (exact) mass is 418 g/mol. The summed E-state index contributed by atoms with van der Waals surface area (Å²) in [5.41, 5.74) is -0.464. The van der Waals surface area contributed by atoms with Crippen molar-refractivity contribution in [3.8, 4) is 0 Å². The van der Waals surface area contributed by atoms with Crippen LogP contribution in [-0.2, 0) is 14.4 Å². The molecule has 156 valence electrons. The van der Waals surface area contributed by atoms with Gasteiger partial charge in [0, 0.05) is 17.4 Å².